The molecule has 0 aromatic heterocycles. The molecule has 2 atom stereocenters. The van der Waals surface area contributed by atoms with E-state index in [-0.39, 0.29) is 18.3 Å². The predicted octanol–water partition coefficient (Wildman–Crippen LogP) is 3.50. The fourth-order valence-corrected chi connectivity index (χ4v) is 4.01. The fraction of sp³-hybridized carbons (Fsp3) is 0.611. The van der Waals surface area contributed by atoms with Crippen LogP contribution in [-0.4, -0.2) is 37.0 Å². The van der Waals surface area contributed by atoms with Crippen LogP contribution < -0.4 is 5.32 Å². The number of benzene rings is 1. The van der Waals surface area contributed by atoms with Gasteiger partial charge in [-0.3, -0.25) is 4.79 Å². The third-order valence-corrected chi connectivity index (χ3v) is 5.62. The highest BCUT2D eigenvalue weighted by Gasteiger charge is 2.37. The van der Waals surface area contributed by atoms with Crippen LogP contribution in [-0.2, 0) is 10.2 Å². The van der Waals surface area contributed by atoms with Gasteiger partial charge in [-0.05, 0) is 69.3 Å². The number of nitrogens with one attached hydrogen (secondary N) is 1. The Bertz CT molecular complexity index is 548. The highest BCUT2D eigenvalue weighted by molar-refractivity contribution is 6.30. The lowest BCUT2D eigenvalue weighted by Gasteiger charge is -2.32. The molecule has 3 nitrogen and oxygen atoms in total. The van der Waals surface area contributed by atoms with E-state index in [1.54, 1.807) is 0 Å². The summed E-state index contributed by atoms with van der Waals surface area (Å²) in [6.45, 7) is 8.01. The van der Waals surface area contributed by atoms with Gasteiger partial charge in [0.25, 0.3) is 0 Å². The molecular weight excluding hydrogens is 331 g/mol. The number of halogens is 2. The molecule has 0 saturated carbocycles. The number of fused-ring (bicyclic) bond motifs is 1. The van der Waals surface area contributed by atoms with Crippen LogP contribution in [0.25, 0.3) is 0 Å². The van der Waals surface area contributed by atoms with Gasteiger partial charge in [-0.25, -0.2) is 0 Å². The molecule has 0 radical (unpaired) electrons. The average Bonchev–Trinajstić information content (AvgIpc) is 2.85. The maximum atomic E-state index is 13.1. The summed E-state index contributed by atoms with van der Waals surface area (Å²) in [6.07, 6.45) is 2.24. The molecule has 0 bridgehead atoms. The molecule has 23 heavy (non-hydrogen) atoms. The fourth-order valence-electron chi connectivity index (χ4n) is 3.82. The first-order chi connectivity index (χ1) is 10.5. The summed E-state index contributed by atoms with van der Waals surface area (Å²) in [6, 6.07) is 7.69. The molecule has 2 aliphatic rings. The topological polar surface area (TPSA) is 32.3 Å². The minimum atomic E-state index is -0.525. The molecule has 1 N–H and O–H groups in total. The first-order valence-corrected chi connectivity index (χ1v) is 8.62. The number of nitrogens with zero attached hydrogens (tertiary/aromatic N) is 1. The van der Waals surface area contributed by atoms with Crippen molar-refractivity contribution in [3.8, 4) is 0 Å². The van der Waals surface area contributed by atoms with Crippen molar-refractivity contribution in [1.82, 2.24) is 10.2 Å². The Balaban J connectivity index is 0.00000192. The first-order valence-electron chi connectivity index (χ1n) is 8.24. The van der Waals surface area contributed by atoms with Crippen molar-refractivity contribution in [2.45, 2.75) is 32.1 Å². The second-order valence-corrected chi connectivity index (χ2v) is 7.62. The van der Waals surface area contributed by atoms with E-state index in [4.69, 9.17) is 11.6 Å². The summed E-state index contributed by atoms with van der Waals surface area (Å²) in [5, 5.41) is 4.17. The van der Waals surface area contributed by atoms with Crippen molar-refractivity contribution in [3.05, 3.63) is 34.9 Å². The lowest BCUT2D eigenvalue weighted by molar-refractivity contribution is -0.136. The molecular formula is C18H26Cl2N2O. The van der Waals surface area contributed by atoms with Crippen LogP contribution in [0.3, 0.4) is 0 Å². The maximum Gasteiger partial charge on any atom is 0.232 e. The number of hydrogen-bond donors (Lipinski definition) is 1. The number of amides is 1. The van der Waals surface area contributed by atoms with Crippen LogP contribution in [0, 0.1) is 11.8 Å². The SMILES string of the molecule is CC(C)(C(=O)N1CC[C@@H]2CNC[C@@H]2CC1)c1cccc(Cl)c1.Cl. The number of carbonyl (C=O) groups is 1. The Hall–Kier alpha value is -0.770. The smallest absolute Gasteiger partial charge is 0.232 e. The molecule has 0 aliphatic carbocycles. The van der Waals surface area contributed by atoms with Crippen molar-refractivity contribution in [2.75, 3.05) is 26.2 Å². The molecule has 1 amide bonds. The maximum absolute atomic E-state index is 13.1. The summed E-state index contributed by atoms with van der Waals surface area (Å²) in [5.74, 6) is 1.71. The van der Waals surface area contributed by atoms with E-state index in [1.807, 2.05) is 38.1 Å². The third kappa shape index (κ3) is 3.84. The molecule has 0 unspecified atom stereocenters. The van der Waals surface area contributed by atoms with Crippen LogP contribution in [0.15, 0.2) is 24.3 Å². The van der Waals surface area contributed by atoms with E-state index in [2.05, 4.69) is 10.2 Å². The minimum Gasteiger partial charge on any atom is -0.342 e. The second-order valence-electron chi connectivity index (χ2n) is 7.18. The molecule has 2 aliphatic heterocycles. The van der Waals surface area contributed by atoms with Crippen molar-refractivity contribution in [3.63, 3.8) is 0 Å². The summed E-state index contributed by atoms with van der Waals surface area (Å²) in [5.41, 5.74) is 0.471. The number of rotatable bonds is 2. The Morgan fingerprint density at radius 2 is 1.83 bits per heavy atom. The molecule has 5 heteroatoms. The third-order valence-electron chi connectivity index (χ3n) is 5.39. The van der Waals surface area contributed by atoms with Gasteiger partial charge in [-0.1, -0.05) is 23.7 Å². The Morgan fingerprint density at radius 3 is 2.39 bits per heavy atom. The van der Waals surface area contributed by atoms with Crippen LogP contribution in [0.5, 0.6) is 0 Å². The van der Waals surface area contributed by atoms with Gasteiger partial charge in [0.2, 0.25) is 5.91 Å². The van der Waals surface area contributed by atoms with Gasteiger partial charge in [0.15, 0.2) is 0 Å². The Morgan fingerprint density at radius 1 is 1.22 bits per heavy atom. The van der Waals surface area contributed by atoms with Gasteiger partial charge < -0.3 is 10.2 Å². The quantitative estimate of drug-likeness (QED) is 0.879. The largest absolute Gasteiger partial charge is 0.342 e. The van der Waals surface area contributed by atoms with E-state index in [9.17, 15) is 4.79 Å². The number of carbonyl (C=O) groups excluding carboxylic acids is 1. The predicted molar refractivity (Wildman–Crippen MR) is 97.4 cm³/mol. The number of likely N-dealkylation sites (tertiary alicyclic amines) is 1. The molecule has 2 saturated heterocycles. The van der Waals surface area contributed by atoms with Crippen molar-refractivity contribution in [2.24, 2.45) is 11.8 Å². The summed E-state index contributed by atoms with van der Waals surface area (Å²) in [4.78, 5) is 15.1. The van der Waals surface area contributed by atoms with E-state index in [1.165, 1.54) is 0 Å². The monoisotopic (exact) mass is 356 g/mol. The molecule has 0 spiro atoms. The minimum absolute atomic E-state index is 0. The molecule has 128 valence electrons. The van der Waals surface area contributed by atoms with Gasteiger partial charge in [0, 0.05) is 18.1 Å². The standard InChI is InChI=1S/C18H25ClN2O.ClH/c1-18(2,15-4-3-5-16(19)10-15)17(22)21-8-6-13-11-20-12-14(13)7-9-21;/h3-5,10,13-14,20H,6-9,11-12H2,1-2H3;1H/t13-,14+;. The molecule has 2 heterocycles. The van der Waals surface area contributed by atoms with E-state index in [0.29, 0.717) is 5.02 Å². The van der Waals surface area contributed by atoms with Gasteiger partial charge in [0.05, 0.1) is 5.41 Å². The van der Waals surface area contributed by atoms with Crippen molar-refractivity contribution < 1.29 is 4.79 Å². The Kier molecular flexibility index (Phi) is 5.99. The average molecular weight is 357 g/mol. The molecule has 2 fully saturated rings. The zero-order valence-electron chi connectivity index (χ0n) is 13.8. The zero-order valence-corrected chi connectivity index (χ0v) is 15.4. The van der Waals surface area contributed by atoms with Gasteiger partial charge in [-0.2, -0.15) is 0 Å². The number of hydrogen-bond acceptors (Lipinski definition) is 2. The first kappa shape index (κ1) is 18.6. The molecule has 1 aromatic rings. The molecule has 3 rings (SSSR count). The summed E-state index contributed by atoms with van der Waals surface area (Å²) < 4.78 is 0. The van der Waals surface area contributed by atoms with E-state index < -0.39 is 5.41 Å². The van der Waals surface area contributed by atoms with Gasteiger partial charge >= 0.3 is 0 Å². The highest BCUT2D eigenvalue weighted by Crippen LogP contribution is 2.31. The Labute approximate surface area is 150 Å². The summed E-state index contributed by atoms with van der Waals surface area (Å²) in [7, 11) is 0. The van der Waals surface area contributed by atoms with Crippen molar-refractivity contribution in [1.29, 1.82) is 0 Å². The highest BCUT2D eigenvalue weighted by atomic mass is 35.5. The van der Waals surface area contributed by atoms with Crippen molar-refractivity contribution >= 4 is 29.9 Å². The zero-order chi connectivity index (χ0) is 15.7. The van der Waals surface area contributed by atoms with Crippen LogP contribution in [0.2, 0.25) is 5.02 Å². The van der Waals surface area contributed by atoms with Crippen LogP contribution >= 0.6 is 24.0 Å². The van der Waals surface area contributed by atoms with Crippen LogP contribution in [0.1, 0.15) is 32.3 Å². The van der Waals surface area contributed by atoms with Crippen LogP contribution in [0.4, 0.5) is 0 Å². The molecule has 1 aromatic carbocycles. The second kappa shape index (κ2) is 7.42. The van der Waals surface area contributed by atoms with Gasteiger partial charge in [-0.15, -0.1) is 12.4 Å². The van der Waals surface area contributed by atoms with E-state index in [0.717, 1.165) is 56.4 Å². The van der Waals surface area contributed by atoms with E-state index >= 15 is 0 Å². The van der Waals surface area contributed by atoms with Gasteiger partial charge in [0.1, 0.15) is 0 Å². The normalized spacial score (nSPS) is 24.6. The summed E-state index contributed by atoms with van der Waals surface area (Å²) >= 11 is 6.10. The lowest BCUT2D eigenvalue weighted by atomic mass is 9.83. The lowest BCUT2D eigenvalue weighted by Crippen LogP contribution is -2.44.